The molecular weight excluding hydrogens is 324 g/mol. The normalized spacial score (nSPS) is 11.2. The fourth-order valence-corrected chi connectivity index (χ4v) is 2.62. The van der Waals surface area contributed by atoms with Gasteiger partial charge in [0.2, 0.25) is 10.0 Å². The Labute approximate surface area is 135 Å². The van der Waals surface area contributed by atoms with E-state index >= 15 is 0 Å². The minimum Gasteiger partial charge on any atom is -0.495 e. The van der Waals surface area contributed by atoms with Crippen molar-refractivity contribution in [3.63, 3.8) is 0 Å². The van der Waals surface area contributed by atoms with Crippen molar-refractivity contribution in [2.75, 3.05) is 20.8 Å². The second-order valence-corrected chi connectivity index (χ2v) is 6.73. The van der Waals surface area contributed by atoms with E-state index in [9.17, 15) is 18.0 Å². The van der Waals surface area contributed by atoms with Crippen LogP contribution < -0.4 is 14.8 Å². The van der Waals surface area contributed by atoms with Crippen molar-refractivity contribution in [2.24, 2.45) is 0 Å². The summed E-state index contributed by atoms with van der Waals surface area (Å²) in [6.07, 6.45) is 0. The molecule has 9 heteroatoms. The summed E-state index contributed by atoms with van der Waals surface area (Å²) in [5.74, 6) is -1.16. The summed E-state index contributed by atoms with van der Waals surface area (Å²) in [7, 11) is -1.24. The van der Waals surface area contributed by atoms with E-state index in [0.29, 0.717) is 0 Å². The smallest absolute Gasteiger partial charge is 0.338 e. The molecule has 0 saturated carbocycles. The minimum absolute atomic E-state index is 0.00280. The van der Waals surface area contributed by atoms with E-state index in [1.807, 2.05) is 0 Å². The van der Waals surface area contributed by atoms with Crippen molar-refractivity contribution in [1.29, 1.82) is 0 Å². The maximum atomic E-state index is 11.9. The van der Waals surface area contributed by atoms with Gasteiger partial charge in [0.05, 0.1) is 12.7 Å². The van der Waals surface area contributed by atoms with Crippen molar-refractivity contribution in [3.8, 4) is 5.75 Å². The number of hydrogen-bond acceptors (Lipinski definition) is 6. The van der Waals surface area contributed by atoms with Gasteiger partial charge in [-0.15, -0.1) is 0 Å². The Kier molecular flexibility index (Phi) is 6.52. The first-order valence-corrected chi connectivity index (χ1v) is 8.27. The van der Waals surface area contributed by atoms with E-state index < -0.39 is 28.5 Å². The Balaban J connectivity index is 2.95. The number of hydrogen-bond donors (Lipinski definition) is 2. The molecule has 0 radical (unpaired) electrons. The average molecular weight is 344 g/mol. The number of nitrogens with one attached hydrogen (secondary N) is 2. The second kappa shape index (κ2) is 7.93. The first kappa shape index (κ1) is 18.9. The third kappa shape index (κ3) is 5.22. The third-order valence-electron chi connectivity index (χ3n) is 2.74. The number of carbonyl (C=O) groups is 2. The number of carbonyl (C=O) groups excluding carboxylic acids is 2. The number of sulfonamides is 1. The van der Waals surface area contributed by atoms with Gasteiger partial charge >= 0.3 is 5.97 Å². The molecule has 0 aliphatic carbocycles. The topological polar surface area (TPSA) is 111 Å². The molecule has 0 saturated heterocycles. The first-order valence-electron chi connectivity index (χ1n) is 6.79. The third-order valence-corrected chi connectivity index (χ3v) is 4.18. The van der Waals surface area contributed by atoms with Gasteiger partial charge in [0, 0.05) is 6.04 Å². The molecule has 0 atom stereocenters. The number of methoxy groups -OCH3 is 1. The lowest BCUT2D eigenvalue weighted by Crippen LogP contribution is -2.34. The van der Waals surface area contributed by atoms with Crippen LogP contribution in [0.4, 0.5) is 0 Å². The van der Waals surface area contributed by atoms with Crippen LogP contribution in [0.5, 0.6) is 5.75 Å². The number of benzene rings is 1. The number of ether oxygens (including phenoxy) is 2. The Hall–Kier alpha value is -2.13. The molecule has 0 aliphatic heterocycles. The van der Waals surface area contributed by atoms with Gasteiger partial charge in [-0.3, -0.25) is 4.79 Å². The molecule has 23 heavy (non-hydrogen) atoms. The molecule has 0 bridgehead atoms. The largest absolute Gasteiger partial charge is 0.495 e. The fraction of sp³-hybridized carbons (Fsp3) is 0.429. The van der Waals surface area contributed by atoms with Gasteiger partial charge in [-0.25, -0.2) is 17.9 Å². The van der Waals surface area contributed by atoms with E-state index in [1.165, 1.54) is 26.3 Å². The van der Waals surface area contributed by atoms with Crippen molar-refractivity contribution < 1.29 is 27.5 Å². The molecule has 0 spiro atoms. The highest BCUT2D eigenvalue weighted by atomic mass is 32.2. The number of esters is 1. The summed E-state index contributed by atoms with van der Waals surface area (Å²) in [4.78, 5) is 23.2. The summed E-state index contributed by atoms with van der Waals surface area (Å²) in [6.45, 7) is 3.10. The first-order chi connectivity index (χ1) is 10.7. The molecule has 1 aromatic rings. The van der Waals surface area contributed by atoms with Crippen molar-refractivity contribution >= 4 is 21.9 Å². The molecule has 1 rings (SSSR count). The maximum Gasteiger partial charge on any atom is 0.338 e. The van der Waals surface area contributed by atoms with E-state index in [0.717, 1.165) is 6.07 Å². The van der Waals surface area contributed by atoms with Crippen molar-refractivity contribution in [1.82, 2.24) is 10.0 Å². The SMILES string of the molecule is CNS(=O)(=O)c1cc(C(=O)OCC(=O)NC(C)C)ccc1OC. The zero-order valence-electron chi connectivity index (χ0n) is 13.4. The molecule has 8 nitrogen and oxygen atoms in total. The molecule has 128 valence electrons. The van der Waals surface area contributed by atoms with E-state index in [-0.39, 0.29) is 22.3 Å². The number of amides is 1. The molecule has 0 heterocycles. The van der Waals surface area contributed by atoms with Gasteiger partial charge in [0.1, 0.15) is 10.6 Å². The lowest BCUT2D eigenvalue weighted by atomic mass is 10.2. The highest BCUT2D eigenvalue weighted by molar-refractivity contribution is 7.89. The zero-order chi connectivity index (χ0) is 17.6. The summed E-state index contributed by atoms with van der Waals surface area (Å²) >= 11 is 0. The summed E-state index contributed by atoms with van der Waals surface area (Å²) < 4.78 is 35.9. The monoisotopic (exact) mass is 344 g/mol. The Bertz CT molecular complexity index is 685. The lowest BCUT2D eigenvalue weighted by Gasteiger charge is -2.11. The zero-order valence-corrected chi connectivity index (χ0v) is 14.2. The van der Waals surface area contributed by atoms with Crippen molar-refractivity contribution in [3.05, 3.63) is 23.8 Å². The van der Waals surface area contributed by atoms with Crippen LogP contribution in [0, 0.1) is 0 Å². The van der Waals surface area contributed by atoms with Gasteiger partial charge in [0.25, 0.3) is 5.91 Å². The van der Waals surface area contributed by atoms with Crippen LogP contribution >= 0.6 is 0 Å². The van der Waals surface area contributed by atoms with Crippen LogP contribution in [-0.2, 0) is 19.6 Å². The van der Waals surface area contributed by atoms with Crippen LogP contribution in [0.2, 0.25) is 0 Å². The Morgan fingerprint density at radius 3 is 2.43 bits per heavy atom. The van der Waals surface area contributed by atoms with Gasteiger partial charge in [0.15, 0.2) is 6.61 Å². The van der Waals surface area contributed by atoms with Crippen LogP contribution in [0.1, 0.15) is 24.2 Å². The lowest BCUT2D eigenvalue weighted by molar-refractivity contribution is -0.124. The van der Waals surface area contributed by atoms with E-state index in [1.54, 1.807) is 13.8 Å². The maximum absolute atomic E-state index is 11.9. The van der Waals surface area contributed by atoms with Crippen LogP contribution in [0.3, 0.4) is 0 Å². The predicted molar refractivity (Wildman–Crippen MR) is 82.8 cm³/mol. The van der Waals surface area contributed by atoms with Gasteiger partial charge in [-0.05, 0) is 39.1 Å². The standard InChI is InChI=1S/C14H20N2O6S/c1-9(2)16-13(17)8-22-14(18)10-5-6-11(21-4)12(7-10)23(19,20)15-3/h5-7,9,15H,8H2,1-4H3,(H,16,17). The average Bonchev–Trinajstić information content (AvgIpc) is 2.51. The number of rotatable bonds is 7. The molecular formula is C14H20N2O6S. The van der Waals surface area contributed by atoms with Crippen LogP contribution in [-0.4, -0.2) is 47.1 Å². The highest BCUT2D eigenvalue weighted by Gasteiger charge is 2.21. The molecule has 0 aliphatic rings. The summed E-state index contributed by atoms with van der Waals surface area (Å²) in [5.41, 5.74) is -0.00280. The van der Waals surface area contributed by atoms with Crippen LogP contribution in [0.15, 0.2) is 23.1 Å². The quantitative estimate of drug-likeness (QED) is 0.688. The minimum atomic E-state index is -3.81. The van der Waals surface area contributed by atoms with Crippen molar-refractivity contribution in [2.45, 2.75) is 24.8 Å². The summed E-state index contributed by atoms with van der Waals surface area (Å²) in [6, 6.07) is 3.76. The molecule has 2 N–H and O–H groups in total. The van der Waals surface area contributed by atoms with E-state index in [4.69, 9.17) is 9.47 Å². The fourth-order valence-electron chi connectivity index (χ4n) is 1.70. The predicted octanol–water partition coefficient (Wildman–Crippen LogP) is 0.285. The molecule has 0 fully saturated rings. The molecule has 0 aromatic heterocycles. The van der Waals surface area contributed by atoms with E-state index in [2.05, 4.69) is 10.0 Å². The van der Waals surface area contributed by atoms with Gasteiger partial charge < -0.3 is 14.8 Å². The Morgan fingerprint density at radius 1 is 1.26 bits per heavy atom. The van der Waals surface area contributed by atoms with Gasteiger partial charge in [-0.2, -0.15) is 0 Å². The molecule has 1 amide bonds. The summed E-state index contributed by atoms with van der Waals surface area (Å²) in [5, 5.41) is 2.57. The molecule has 0 unspecified atom stereocenters. The molecule has 1 aromatic carbocycles. The highest BCUT2D eigenvalue weighted by Crippen LogP contribution is 2.24. The Morgan fingerprint density at radius 2 is 1.91 bits per heavy atom. The van der Waals surface area contributed by atoms with Crippen LogP contribution in [0.25, 0.3) is 0 Å². The van der Waals surface area contributed by atoms with Gasteiger partial charge in [-0.1, -0.05) is 0 Å². The second-order valence-electron chi connectivity index (χ2n) is 4.87.